The van der Waals surface area contributed by atoms with Crippen LogP contribution in [0.1, 0.15) is 108 Å². The lowest BCUT2D eigenvalue weighted by Crippen LogP contribution is -2.17. The molecule has 7 aromatic carbocycles. The van der Waals surface area contributed by atoms with Crippen LogP contribution in [0.5, 0.6) is 5.75 Å². The molecule has 0 bridgehead atoms. The van der Waals surface area contributed by atoms with Crippen LogP contribution in [-0.4, -0.2) is 19.6 Å². The zero-order chi connectivity index (χ0) is 55.1. The normalized spacial score (nSPS) is 14.8. The van der Waals surface area contributed by atoms with E-state index in [1.54, 1.807) is 18.3 Å². The first-order chi connectivity index (χ1) is 35.4. The summed E-state index contributed by atoms with van der Waals surface area (Å²) < 4.78 is 78.1. The maximum Gasteiger partial charge on any atom is 0.149 e. The molecule has 9 rings (SSSR count). The van der Waals surface area contributed by atoms with Gasteiger partial charge in [-0.15, -0.1) is 0 Å². The number of rotatable bonds is 7. The minimum atomic E-state index is -2.57. The second-order valence-electron chi connectivity index (χ2n) is 20.8. The summed E-state index contributed by atoms with van der Waals surface area (Å²) in [5, 5.41) is 12.6. The van der Waals surface area contributed by atoms with Crippen LogP contribution in [0, 0.1) is 20.6 Å². The van der Waals surface area contributed by atoms with Gasteiger partial charge < -0.3 is 5.11 Å². The maximum atomic E-state index is 12.6. The predicted octanol–water partition coefficient (Wildman–Crippen LogP) is 16.9. The number of para-hydroxylation sites is 1. The zero-order valence-electron chi connectivity index (χ0n) is 48.8. The van der Waals surface area contributed by atoms with E-state index < -0.39 is 26.0 Å². The molecule has 0 amide bonds. The van der Waals surface area contributed by atoms with Crippen LogP contribution in [-0.2, 0) is 16.2 Å². The molecule has 9 aromatic rings. The van der Waals surface area contributed by atoms with E-state index in [9.17, 15) is 5.11 Å². The molecule has 2 heterocycles. The van der Waals surface area contributed by atoms with E-state index in [4.69, 9.17) is 22.3 Å². The Bertz CT molecular complexity index is 3630. The van der Waals surface area contributed by atoms with Gasteiger partial charge >= 0.3 is 0 Å². The minimum Gasteiger partial charge on any atom is -0.507 e. The van der Waals surface area contributed by atoms with Crippen LogP contribution in [0.3, 0.4) is 0 Å². The Morgan fingerprint density at radius 1 is 0.478 bits per heavy atom. The molecule has 0 unspecified atom stereocenters. The molecule has 0 aliphatic rings. The number of hydrogen-bond donors (Lipinski definition) is 1. The Hall–Kier alpha value is -7.04. The molecular formula is C63H63N3O. The summed E-state index contributed by atoms with van der Waals surface area (Å²) >= 11 is 0. The number of nitrogens with zero attached hydrogens (tertiary/aromatic N) is 3. The van der Waals surface area contributed by atoms with Crippen molar-refractivity contribution in [3.63, 3.8) is 0 Å². The summed E-state index contributed by atoms with van der Waals surface area (Å²) in [5.41, 5.74) is 11.2. The quantitative estimate of drug-likeness (QED) is 0.173. The number of phenolic OH excluding ortho intramolecular Hbond substituents is 1. The first-order valence-corrected chi connectivity index (χ1v) is 22.9. The molecular weight excluding hydrogens is 815 g/mol. The van der Waals surface area contributed by atoms with Crippen molar-refractivity contribution in [2.45, 2.75) is 99.1 Å². The third-order valence-electron chi connectivity index (χ3n) is 12.7. The van der Waals surface area contributed by atoms with Crippen molar-refractivity contribution in [3.8, 4) is 78.6 Å². The average Bonchev–Trinajstić information content (AvgIpc) is 3.74. The largest absolute Gasteiger partial charge is 0.507 e. The monoisotopic (exact) mass is 887 g/mol. The van der Waals surface area contributed by atoms with Gasteiger partial charge in [0.1, 0.15) is 11.6 Å². The van der Waals surface area contributed by atoms with Crippen LogP contribution in [0.15, 0.2) is 158 Å². The van der Waals surface area contributed by atoms with E-state index >= 15 is 0 Å². The van der Waals surface area contributed by atoms with E-state index in [1.165, 1.54) is 18.2 Å². The van der Waals surface area contributed by atoms with Gasteiger partial charge in [-0.25, -0.2) is 4.98 Å². The highest BCUT2D eigenvalue weighted by Crippen LogP contribution is 2.45. The standard InChI is InChI=1S/C63H63N3O/c1-39-29-40(2)31-46(30-39)45-27-28-64-55(36-45)49-34-47(42-17-14-13-15-18-42)33-48(35-49)52-19-16-20-57-58(52)65-60(53-37-51(62(7,8)9)38-54(59(53)67)63(10,11)12)66(57)56-26-23-44(32-41(56)3)43-21-24-50(25-22-43)61(4,5)6/h13-38,67H,1-12H3/i1D3,2D3,3D3. The van der Waals surface area contributed by atoms with Crippen molar-refractivity contribution >= 4 is 11.0 Å². The number of aromatic hydroxyl groups is 1. The van der Waals surface area contributed by atoms with Crippen molar-refractivity contribution in [2.24, 2.45) is 0 Å². The maximum absolute atomic E-state index is 12.6. The minimum absolute atomic E-state index is 0.0549. The molecule has 0 spiro atoms. The molecule has 67 heavy (non-hydrogen) atoms. The van der Waals surface area contributed by atoms with Crippen molar-refractivity contribution in [1.29, 1.82) is 0 Å². The number of pyridine rings is 1. The fraction of sp³-hybridized carbons (Fsp3) is 0.238. The Balaban J connectivity index is 1.32. The molecule has 0 saturated carbocycles. The van der Waals surface area contributed by atoms with Gasteiger partial charge in [-0.3, -0.25) is 9.55 Å². The lowest BCUT2D eigenvalue weighted by atomic mass is 9.79. The van der Waals surface area contributed by atoms with Crippen LogP contribution >= 0.6 is 0 Å². The molecule has 0 aliphatic carbocycles. The summed E-state index contributed by atoms with van der Waals surface area (Å²) in [6.07, 6.45) is 1.63. The second-order valence-corrected chi connectivity index (χ2v) is 20.8. The van der Waals surface area contributed by atoms with E-state index in [-0.39, 0.29) is 33.3 Å². The van der Waals surface area contributed by atoms with E-state index in [0.717, 1.165) is 55.6 Å². The topological polar surface area (TPSA) is 50.9 Å². The highest BCUT2D eigenvalue weighted by molar-refractivity contribution is 5.98. The summed E-state index contributed by atoms with van der Waals surface area (Å²) in [4.78, 5) is 10.3. The number of aryl methyl sites for hydroxylation is 3. The fourth-order valence-corrected chi connectivity index (χ4v) is 8.93. The molecule has 0 atom stereocenters. The van der Waals surface area contributed by atoms with Crippen molar-refractivity contribution < 1.29 is 17.4 Å². The SMILES string of the molecule is [2H]C([2H])([2H])c1cc(-c2ccnc(-c3cc(-c4ccccc4)cc(-c4cccc5c4nc(-c4cc(C(C)(C)C)cc(C(C)(C)C)c4O)n5-c4ccc(-c5ccc(C(C)(C)C)cc5)cc4C([2H])([2H])[2H])c3)c2)cc(C([2H])([2H])[2H])c1. The van der Waals surface area contributed by atoms with Gasteiger partial charge in [-0.05, 0) is 147 Å². The number of imidazole rings is 1. The molecule has 0 aliphatic heterocycles. The average molecular weight is 887 g/mol. The third kappa shape index (κ3) is 8.98. The lowest BCUT2D eigenvalue weighted by molar-refractivity contribution is 0.446. The molecule has 0 radical (unpaired) electrons. The van der Waals surface area contributed by atoms with E-state index in [1.807, 2.05) is 102 Å². The predicted molar refractivity (Wildman–Crippen MR) is 283 cm³/mol. The number of fused-ring (bicyclic) bond motifs is 1. The van der Waals surface area contributed by atoms with E-state index in [0.29, 0.717) is 44.9 Å². The summed E-state index contributed by atoms with van der Waals surface area (Å²) in [6, 6.07) is 47.5. The van der Waals surface area contributed by atoms with Crippen molar-refractivity contribution in [1.82, 2.24) is 14.5 Å². The van der Waals surface area contributed by atoms with Crippen molar-refractivity contribution in [3.05, 3.63) is 191 Å². The Labute approximate surface area is 410 Å². The van der Waals surface area contributed by atoms with Crippen LogP contribution in [0.25, 0.3) is 83.9 Å². The Morgan fingerprint density at radius 2 is 1.12 bits per heavy atom. The van der Waals surface area contributed by atoms with Crippen LogP contribution in [0.4, 0.5) is 0 Å². The second kappa shape index (κ2) is 17.0. The molecule has 4 nitrogen and oxygen atoms in total. The first kappa shape index (κ1) is 35.2. The Morgan fingerprint density at radius 3 is 1.79 bits per heavy atom. The molecule has 4 heteroatoms. The first-order valence-electron chi connectivity index (χ1n) is 27.4. The van der Waals surface area contributed by atoms with Gasteiger partial charge in [-0.2, -0.15) is 0 Å². The molecule has 1 N–H and O–H groups in total. The van der Waals surface area contributed by atoms with Gasteiger partial charge in [0.2, 0.25) is 0 Å². The van der Waals surface area contributed by atoms with Gasteiger partial charge in [0, 0.05) is 35.2 Å². The summed E-state index contributed by atoms with van der Waals surface area (Å²) in [7, 11) is 0. The van der Waals surface area contributed by atoms with Gasteiger partial charge in [0.05, 0.1) is 28.0 Å². The zero-order valence-corrected chi connectivity index (χ0v) is 39.8. The number of benzene rings is 7. The molecule has 0 fully saturated rings. The lowest BCUT2D eigenvalue weighted by Gasteiger charge is -2.27. The number of phenols is 1. The summed E-state index contributed by atoms with van der Waals surface area (Å²) in [5.74, 6) is 0.424. The van der Waals surface area contributed by atoms with Gasteiger partial charge in [0.15, 0.2) is 0 Å². The van der Waals surface area contributed by atoms with Crippen molar-refractivity contribution in [2.75, 3.05) is 0 Å². The number of hydrogen-bond acceptors (Lipinski definition) is 3. The van der Waals surface area contributed by atoms with E-state index in [2.05, 4.69) is 86.6 Å². The Kier molecular flexibility index (Phi) is 8.93. The third-order valence-corrected chi connectivity index (χ3v) is 12.7. The molecule has 0 saturated heterocycles. The smallest absolute Gasteiger partial charge is 0.149 e. The summed E-state index contributed by atoms with van der Waals surface area (Å²) in [6.45, 7) is 11.4. The highest BCUT2D eigenvalue weighted by Gasteiger charge is 2.29. The number of aromatic nitrogens is 3. The molecule has 336 valence electrons. The highest BCUT2D eigenvalue weighted by atomic mass is 16.3. The van der Waals surface area contributed by atoms with Gasteiger partial charge in [-0.1, -0.05) is 171 Å². The molecule has 2 aromatic heterocycles. The van der Waals surface area contributed by atoms with Crippen LogP contribution in [0.2, 0.25) is 0 Å². The van der Waals surface area contributed by atoms with Crippen LogP contribution < -0.4 is 0 Å². The fourth-order valence-electron chi connectivity index (χ4n) is 8.93. The van der Waals surface area contributed by atoms with Gasteiger partial charge in [0.25, 0.3) is 0 Å².